The predicted molar refractivity (Wildman–Crippen MR) is 75.0 cm³/mol. The van der Waals surface area contributed by atoms with Gasteiger partial charge >= 0.3 is 0 Å². The maximum atomic E-state index is 5.70. The highest BCUT2D eigenvalue weighted by atomic mass is 16.5. The lowest BCUT2D eigenvalue weighted by atomic mass is 10.1. The molecule has 2 fully saturated rings. The van der Waals surface area contributed by atoms with E-state index in [4.69, 9.17) is 4.74 Å². The van der Waals surface area contributed by atoms with Crippen molar-refractivity contribution in [3.8, 4) is 0 Å². The molecule has 0 aromatic carbocycles. The second kappa shape index (κ2) is 6.85. The first kappa shape index (κ1) is 14.3. The molecule has 0 aromatic rings. The molecule has 18 heavy (non-hydrogen) atoms. The molecule has 2 aliphatic heterocycles. The minimum Gasteiger partial charge on any atom is -0.377 e. The summed E-state index contributed by atoms with van der Waals surface area (Å²) in [6.45, 7) is 7.93. The Labute approximate surface area is 112 Å². The quantitative estimate of drug-likeness (QED) is 0.759. The summed E-state index contributed by atoms with van der Waals surface area (Å²) in [5, 5.41) is 3.62. The summed E-state index contributed by atoms with van der Waals surface area (Å²) in [6.07, 6.45) is 4.21. The third-order valence-corrected chi connectivity index (χ3v) is 4.39. The monoisotopic (exact) mass is 255 g/mol. The van der Waals surface area contributed by atoms with Crippen LogP contribution in [0.5, 0.6) is 0 Å². The van der Waals surface area contributed by atoms with E-state index in [1.165, 1.54) is 38.9 Å². The minimum absolute atomic E-state index is 0.443. The van der Waals surface area contributed by atoms with E-state index in [9.17, 15) is 0 Å². The van der Waals surface area contributed by atoms with E-state index in [0.717, 1.165) is 19.2 Å². The Morgan fingerprint density at radius 3 is 2.83 bits per heavy atom. The van der Waals surface area contributed by atoms with Crippen LogP contribution in [0.4, 0.5) is 0 Å². The Bertz CT molecular complexity index is 241. The van der Waals surface area contributed by atoms with Gasteiger partial charge in [0.1, 0.15) is 0 Å². The average molecular weight is 255 g/mol. The molecule has 0 spiro atoms. The number of likely N-dealkylation sites (tertiary alicyclic amines) is 1. The summed E-state index contributed by atoms with van der Waals surface area (Å²) in [5.41, 5.74) is 0. The standard InChI is InChI=1S/C14H29N3O/c1-12(14-5-4-10-18-14)15-7-9-17-8-6-13(11-17)16(2)3/h12-15H,4-11H2,1-3H3. The van der Waals surface area contributed by atoms with E-state index in [-0.39, 0.29) is 0 Å². The summed E-state index contributed by atoms with van der Waals surface area (Å²) in [6, 6.07) is 1.25. The first-order valence-corrected chi connectivity index (χ1v) is 7.40. The fourth-order valence-corrected chi connectivity index (χ4v) is 3.02. The van der Waals surface area contributed by atoms with Crippen LogP contribution >= 0.6 is 0 Å². The van der Waals surface area contributed by atoms with Crippen LogP contribution in [0.3, 0.4) is 0 Å². The van der Waals surface area contributed by atoms with Crippen LogP contribution in [-0.4, -0.2) is 74.9 Å². The number of likely N-dealkylation sites (N-methyl/N-ethyl adjacent to an activating group) is 1. The van der Waals surface area contributed by atoms with Crippen molar-refractivity contribution < 1.29 is 4.74 Å². The van der Waals surface area contributed by atoms with Crippen molar-refractivity contribution in [1.29, 1.82) is 0 Å². The summed E-state index contributed by atoms with van der Waals surface area (Å²) in [5.74, 6) is 0. The number of ether oxygens (including phenoxy) is 1. The molecule has 2 saturated heterocycles. The fraction of sp³-hybridized carbons (Fsp3) is 1.00. The molecule has 1 N–H and O–H groups in total. The summed E-state index contributed by atoms with van der Waals surface area (Å²) >= 11 is 0. The summed E-state index contributed by atoms with van der Waals surface area (Å²) in [7, 11) is 4.37. The van der Waals surface area contributed by atoms with Crippen LogP contribution in [0, 0.1) is 0 Å². The molecule has 4 nitrogen and oxygen atoms in total. The first-order chi connectivity index (χ1) is 8.66. The SMILES string of the molecule is CC(NCCN1CCC(N(C)C)C1)C1CCCO1. The second-order valence-corrected chi connectivity index (χ2v) is 6.00. The largest absolute Gasteiger partial charge is 0.377 e. The van der Waals surface area contributed by atoms with E-state index >= 15 is 0 Å². The number of hydrogen-bond donors (Lipinski definition) is 1. The lowest BCUT2D eigenvalue weighted by Gasteiger charge is -2.23. The lowest BCUT2D eigenvalue weighted by molar-refractivity contribution is 0.0829. The fourth-order valence-electron chi connectivity index (χ4n) is 3.02. The Kier molecular flexibility index (Phi) is 5.42. The average Bonchev–Trinajstić information content (AvgIpc) is 3.00. The molecule has 0 amide bonds. The maximum absolute atomic E-state index is 5.70. The predicted octanol–water partition coefficient (Wildman–Crippen LogP) is 0.779. The van der Waals surface area contributed by atoms with Gasteiger partial charge in [0.25, 0.3) is 0 Å². The van der Waals surface area contributed by atoms with Crippen LogP contribution in [0.15, 0.2) is 0 Å². The second-order valence-electron chi connectivity index (χ2n) is 6.00. The van der Waals surface area contributed by atoms with Crippen LogP contribution in [0.1, 0.15) is 26.2 Å². The van der Waals surface area contributed by atoms with Gasteiger partial charge in [-0.05, 0) is 46.8 Å². The van der Waals surface area contributed by atoms with Gasteiger partial charge in [-0.15, -0.1) is 0 Å². The van der Waals surface area contributed by atoms with Crippen LogP contribution in [-0.2, 0) is 4.74 Å². The topological polar surface area (TPSA) is 27.7 Å². The van der Waals surface area contributed by atoms with Crippen LogP contribution in [0.2, 0.25) is 0 Å². The minimum atomic E-state index is 0.443. The molecule has 0 saturated carbocycles. The highest BCUT2D eigenvalue weighted by molar-refractivity contribution is 4.82. The van der Waals surface area contributed by atoms with Gasteiger partial charge in [0.15, 0.2) is 0 Å². The van der Waals surface area contributed by atoms with E-state index in [1.807, 2.05) is 0 Å². The van der Waals surface area contributed by atoms with Gasteiger partial charge in [-0.3, -0.25) is 0 Å². The Balaban J connectivity index is 1.58. The molecule has 4 heteroatoms. The van der Waals surface area contributed by atoms with Crippen molar-refractivity contribution in [1.82, 2.24) is 15.1 Å². The van der Waals surface area contributed by atoms with Crippen LogP contribution < -0.4 is 5.32 Å². The lowest BCUT2D eigenvalue weighted by Crippen LogP contribution is -2.41. The van der Waals surface area contributed by atoms with E-state index in [1.54, 1.807) is 0 Å². The molecule has 0 aromatic heterocycles. The third-order valence-electron chi connectivity index (χ3n) is 4.39. The number of nitrogens with zero attached hydrogens (tertiary/aromatic N) is 2. The van der Waals surface area contributed by atoms with Gasteiger partial charge in [-0.1, -0.05) is 0 Å². The molecular formula is C14H29N3O. The van der Waals surface area contributed by atoms with Gasteiger partial charge in [0, 0.05) is 38.3 Å². The zero-order valence-corrected chi connectivity index (χ0v) is 12.2. The van der Waals surface area contributed by atoms with Gasteiger partial charge < -0.3 is 19.9 Å². The van der Waals surface area contributed by atoms with Crippen molar-refractivity contribution in [2.45, 2.75) is 44.4 Å². The number of rotatable bonds is 6. The van der Waals surface area contributed by atoms with Crippen LogP contribution in [0.25, 0.3) is 0 Å². The molecule has 3 unspecified atom stereocenters. The zero-order valence-electron chi connectivity index (χ0n) is 12.2. The molecule has 0 radical (unpaired) electrons. The van der Waals surface area contributed by atoms with Crippen molar-refractivity contribution in [2.24, 2.45) is 0 Å². The number of nitrogens with one attached hydrogen (secondary N) is 1. The highest BCUT2D eigenvalue weighted by Gasteiger charge is 2.24. The molecule has 2 rings (SSSR count). The van der Waals surface area contributed by atoms with Gasteiger partial charge in [-0.2, -0.15) is 0 Å². The molecular weight excluding hydrogens is 226 g/mol. The molecule has 2 heterocycles. The number of hydrogen-bond acceptors (Lipinski definition) is 4. The van der Waals surface area contributed by atoms with Crippen molar-refractivity contribution in [2.75, 3.05) is 46.9 Å². The molecule has 0 bridgehead atoms. The summed E-state index contributed by atoms with van der Waals surface area (Å²) in [4.78, 5) is 4.92. The van der Waals surface area contributed by atoms with Gasteiger partial charge in [0.05, 0.1) is 6.10 Å². The Morgan fingerprint density at radius 1 is 1.39 bits per heavy atom. The molecule has 2 aliphatic rings. The zero-order chi connectivity index (χ0) is 13.0. The molecule has 106 valence electrons. The molecule has 3 atom stereocenters. The van der Waals surface area contributed by atoms with Crippen molar-refractivity contribution in [3.05, 3.63) is 0 Å². The Morgan fingerprint density at radius 2 is 2.22 bits per heavy atom. The normalized spacial score (nSPS) is 31.3. The van der Waals surface area contributed by atoms with Gasteiger partial charge in [0.2, 0.25) is 0 Å². The van der Waals surface area contributed by atoms with E-state index in [2.05, 4.69) is 36.1 Å². The third kappa shape index (κ3) is 3.92. The first-order valence-electron chi connectivity index (χ1n) is 7.40. The smallest absolute Gasteiger partial charge is 0.0726 e. The summed E-state index contributed by atoms with van der Waals surface area (Å²) < 4.78 is 5.70. The van der Waals surface area contributed by atoms with E-state index in [0.29, 0.717) is 12.1 Å². The Hall–Kier alpha value is -0.160. The highest BCUT2D eigenvalue weighted by Crippen LogP contribution is 2.15. The van der Waals surface area contributed by atoms with Crippen molar-refractivity contribution in [3.63, 3.8) is 0 Å². The maximum Gasteiger partial charge on any atom is 0.0726 e. The molecule has 0 aliphatic carbocycles. The van der Waals surface area contributed by atoms with E-state index < -0.39 is 0 Å². The van der Waals surface area contributed by atoms with Gasteiger partial charge in [-0.25, -0.2) is 0 Å². The van der Waals surface area contributed by atoms with Crippen molar-refractivity contribution >= 4 is 0 Å².